The van der Waals surface area contributed by atoms with E-state index in [2.05, 4.69) is 5.32 Å². The molecule has 1 heterocycles. The first-order valence-corrected chi connectivity index (χ1v) is 7.79. The Morgan fingerprint density at radius 2 is 1.58 bits per heavy atom. The number of rotatable bonds is 3. The van der Waals surface area contributed by atoms with Crippen LogP contribution in [-0.2, 0) is 4.79 Å². The number of aryl methyl sites for hydroxylation is 1. The van der Waals surface area contributed by atoms with Gasteiger partial charge in [-0.25, -0.2) is 4.90 Å². The van der Waals surface area contributed by atoms with Gasteiger partial charge in [0.1, 0.15) is 0 Å². The van der Waals surface area contributed by atoms with Gasteiger partial charge < -0.3 is 5.32 Å². The highest BCUT2D eigenvalue weighted by Crippen LogP contribution is 2.31. The summed E-state index contributed by atoms with van der Waals surface area (Å²) in [6.07, 6.45) is 0. The van der Waals surface area contributed by atoms with Crippen LogP contribution in [-0.4, -0.2) is 17.7 Å². The van der Waals surface area contributed by atoms with E-state index in [9.17, 15) is 14.4 Å². The van der Waals surface area contributed by atoms with Crippen LogP contribution in [0.25, 0.3) is 0 Å². The smallest absolute Gasteiger partial charge is 0.266 e. The number of nitrogens with zero attached hydrogens (tertiary/aromatic N) is 1. The van der Waals surface area contributed by atoms with Crippen LogP contribution in [0.3, 0.4) is 0 Å². The first-order valence-electron chi connectivity index (χ1n) is 7.79. The number of anilines is 2. The summed E-state index contributed by atoms with van der Waals surface area (Å²) < 4.78 is 0. The number of hydrogen-bond donors (Lipinski definition) is 1. The zero-order chi connectivity index (χ0) is 17.4. The predicted octanol–water partition coefficient (Wildman–Crippen LogP) is 3.39. The van der Waals surface area contributed by atoms with Gasteiger partial charge in [-0.3, -0.25) is 14.4 Å². The normalized spacial score (nSPS) is 13.4. The van der Waals surface area contributed by atoms with E-state index in [1.165, 1.54) is 0 Å². The van der Waals surface area contributed by atoms with E-state index in [4.69, 9.17) is 0 Å². The number of hydrogen-bond acceptors (Lipinski definition) is 3. The van der Waals surface area contributed by atoms with E-state index in [1.54, 1.807) is 56.3 Å². The first kappa shape index (κ1) is 15.9. The summed E-state index contributed by atoms with van der Waals surface area (Å²) in [5, 5.41) is 2.84. The lowest BCUT2D eigenvalue weighted by Crippen LogP contribution is -2.29. The Kier molecular flexibility index (Phi) is 3.93. The van der Waals surface area contributed by atoms with Crippen molar-refractivity contribution in [2.24, 2.45) is 5.92 Å². The highest BCUT2D eigenvalue weighted by Gasteiger charge is 2.36. The van der Waals surface area contributed by atoms with Crippen molar-refractivity contribution in [3.63, 3.8) is 0 Å². The minimum absolute atomic E-state index is 0.113. The SMILES string of the molecule is Cc1ccc(N2C(=O)c3ccccc3C2=O)cc1NC(=O)C(C)C. The molecule has 1 aliphatic heterocycles. The quantitative estimate of drug-likeness (QED) is 0.881. The Labute approximate surface area is 140 Å². The van der Waals surface area contributed by atoms with E-state index < -0.39 is 0 Å². The van der Waals surface area contributed by atoms with Crippen LogP contribution in [0.15, 0.2) is 42.5 Å². The van der Waals surface area contributed by atoms with Crippen molar-refractivity contribution < 1.29 is 14.4 Å². The number of carbonyl (C=O) groups excluding carboxylic acids is 3. The number of carbonyl (C=O) groups is 3. The molecule has 24 heavy (non-hydrogen) atoms. The van der Waals surface area contributed by atoms with E-state index in [0.29, 0.717) is 22.5 Å². The van der Waals surface area contributed by atoms with Gasteiger partial charge in [0.05, 0.1) is 16.8 Å². The monoisotopic (exact) mass is 322 g/mol. The van der Waals surface area contributed by atoms with Gasteiger partial charge in [-0.1, -0.05) is 32.0 Å². The molecule has 0 fully saturated rings. The topological polar surface area (TPSA) is 66.5 Å². The summed E-state index contributed by atoms with van der Waals surface area (Å²) in [5.41, 5.74) is 2.71. The fraction of sp³-hybridized carbons (Fsp3) is 0.211. The number of nitrogens with one attached hydrogen (secondary N) is 1. The Bertz CT molecular complexity index is 820. The van der Waals surface area contributed by atoms with Gasteiger partial charge in [0.2, 0.25) is 5.91 Å². The Morgan fingerprint density at radius 1 is 1.00 bits per heavy atom. The molecule has 0 saturated carbocycles. The van der Waals surface area contributed by atoms with Gasteiger partial charge in [-0.15, -0.1) is 0 Å². The lowest BCUT2D eigenvalue weighted by molar-refractivity contribution is -0.118. The molecule has 3 amide bonds. The molecule has 122 valence electrons. The van der Waals surface area contributed by atoms with Gasteiger partial charge in [0.25, 0.3) is 11.8 Å². The molecule has 0 saturated heterocycles. The molecule has 2 aromatic carbocycles. The lowest BCUT2D eigenvalue weighted by atomic mass is 10.1. The maximum Gasteiger partial charge on any atom is 0.266 e. The third-order valence-corrected chi connectivity index (χ3v) is 4.06. The van der Waals surface area contributed by atoms with Crippen molar-refractivity contribution in [1.82, 2.24) is 0 Å². The number of amides is 3. The van der Waals surface area contributed by atoms with Gasteiger partial charge in [-0.05, 0) is 36.8 Å². The van der Waals surface area contributed by atoms with Gasteiger partial charge >= 0.3 is 0 Å². The molecule has 0 spiro atoms. The Hall–Kier alpha value is -2.95. The van der Waals surface area contributed by atoms with Crippen molar-refractivity contribution >= 4 is 29.1 Å². The molecule has 1 aliphatic rings. The van der Waals surface area contributed by atoms with Crippen molar-refractivity contribution in [3.05, 3.63) is 59.2 Å². The van der Waals surface area contributed by atoms with Gasteiger partial charge in [0, 0.05) is 11.6 Å². The molecule has 5 heteroatoms. The molecule has 0 bridgehead atoms. The van der Waals surface area contributed by atoms with Gasteiger partial charge in [0.15, 0.2) is 0 Å². The van der Waals surface area contributed by atoms with Crippen LogP contribution in [0.1, 0.15) is 40.1 Å². The second kappa shape index (κ2) is 5.92. The summed E-state index contributed by atoms with van der Waals surface area (Å²) in [7, 11) is 0. The van der Waals surface area contributed by atoms with Gasteiger partial charge in [-0.2, -0.15) is 0 Å². The second-order valence-corrected chi connectivity index (χ2v) is 6.13. The maximum absolute atomic E-state index is 12.6. The molecule has 2 aromatic rings. The summed E-state index contributed by atoms with van der Waals surface area (Å²) in [4.78, 5) is 38.2. The average Bonchev–Trinajstić information content (AvgIpc) is 2.81. The van der Waals surface area contributed by atoms with Crippen LogP contribution in [0.4, 0.5) is 11.4 Å². The Balaban J connectivity index is 1.98. The van der Waals surface area contributed by atoms with Crippen LogP contribution in [0.5, 0.6) is 0 Å². The standard InChI is InChI=1S/C19H18N2O3/c1-11(2)17(22)20-16-10-13(9-8-12(16)3)21-18(23)14-6-4-5-7-15(14)19(21)24/h4-11H,1-3H3,(H,20,22). The summed E-state index contributed by atoms with van der Waals surface area (Å²) in [6, 6.07) is 11.9. The first-order chi connectivity index (χ1) is 11.4. The van der Waals surface area contributed by atoms with Crippen molar-refractivity contribution in [2.45, 2.75) is 20.8 Å². The molecule has 0 atom stereocenters. The van der Waals surface area contributed by atoms with E-state index >= 15 is 0 Å². The molecule has 0 aliphatic carbocycles. The summed E-state index contributed by atoms with van der Waals surface area (Å²) in [5.74, 6) is -0.967. The molecular weight excluding hydrogens is 304 g/mol. The van der Waals surface area contributed by atoms with Crippen LogP contribution in [0.2, 0.25) is 0 Å². The highest BCUT2D eigenvalue weighted by molar-refractivity contribution is 6.34. The molecule has 5 nitrogen and oxygen atoms in total. The van der Waals surface area contributed by atoms with E-state index in [1.807, 2.05) is 6.92 Å². The average molecular weight is 322 g/mol. The zero-order valence-corrected chi connectivity index (χ0v) is 13.8. The molecule has 0 aromatic heterocycles. The van der Waals surface area contributed by atoms with E-state index in [0.717, 1.165) is 10.5 Å². The van der Waals surface area contributed by atoms with Crippen LogP contribution < -0.4 is 10.2 Å². The predicted molar refractivity (Wildman–Crippen MR) is 92.2 cm³/mol. The minimum atomic E-state index is -0.347. The fourth-order valence-corrected chi connectivity index (χ4v) is 2.58. The maximum atomic E-state index is 12.6. The largest absolute Gasteiger partial charge is 0.326 e. The Morgan fingerprint density at radius 3 is 2.12 bits per heavy atom. The second-order valence-electron chi connectivity index (χ2n) is 6.13. The molecule has 0 unspecified atom stereocenters. The molecule has 3 rings (SSSR count). The number of benzene rings is 2. The zero-order valence-electron chi connectivity index (χ0n) is 13.8. The third-order valence-electron chi connectivity index (χ3n) is 4.06. The highest BCUT2D eigenvalue weighted by atomic mass is 16.2. The van der Waals surface area contributed by atoms with Crippen LogP contribution >= 0.6 is 0 Å². The number of imide groups is 1. The van der Waals surface area contributed by atoms with Crippen molar-refractivity contribution in [3.8, 4) is 0 Å². The lowest BCUT2D eigenvalue weighted by Gasteiger charge is -2.17. The minimum Gasteiger partial charge on any atom is -0.326 e. The fourth-order valence-electron chi connectivity index (χ4n) is 2.58. The molecule has 1 N–H and O–H groups in total. The molecular formula is C19H18N2O3. The molecule has 0 radical (unpaired) electrons. The summed E-state index contributed by atoms with van der Waals surface area (Å²) in [6.45, 7) is 5.47. The van der Waals surface area contributed by atoms with E-state index in [-0.39, 0.29) is 23.6 Å². The summed E-state index contributed by atoms with van der Waals surface area (Å²) >= 11 is 0. The van der Waals surface area contributed by atoms with Crippen LogP contribution in [0, 0.1) is 12.8 Å². The van der Waals surface area contributed by atoms with Crippen molar-refractivity contribution in [1.29, 1.82) is 0 Å². The van der Waals surface area contributed by atoms with Crippen molar-refractivity contribution in [2.75, 3.05) is 10.2 Å². The number of fused-ring (bicyclic) bond motifs is 1. The third kappa shape index (κ3) is 2.58.